The number of para-hydroxylation sites is 1. The van der Waals surface area contributed by atoms with Gasteiger partial charge in [0.05, 0.1) is 26.4 Å². The Morgan fingerprint density at radius 3 is 2.42 bits per heavy atom. The highest BCUT2D eigenvalue weighted by atomic mass is 16.5. The van der Waals surface area contributed by atoms with Crippen LogP contribution in [0, 0.1) is 11.8 Å². The van der Waals surface area contributed by atoms with E-state index in [9.17, 15) is 9.59 Å². The first-order valence-electron chi connectivity index (χ1n) is 9.06. The molecular formula is C21H30O5. The molecule has 2 atom stereocenters. The van der Waals surface area contributed by atoms with E-state index in [2.05, 4.69) is 13.8 Å². The SMILES string of the molecule is CCC(C)CCCC(C)C(=O)Oc1ccccc1/C(=C/OC)C(=O)OC. The van der Waals surface area contributed by atoms with Crippen molar-refractivity contribution in [2.45, 2.75) is 46.5 Å². The zero-order chi connectivity index (χ0) is 19.5. The molecule has 0 saturated carbocycles. The summed E-state index contributed by atoms with van der Waals surface area (Å²) in [5.74, 6) is -0.0824. The van der Waals surface area contributed by atoms with E-state index in [4.69, 9.17) is 14.2 Å². The number of hydrogen-bond donors (Lipinski definition) is 0. The number of carbonyl (C=O) groups excluding carboxylic acids is 2. The number of benzene rings is 1. The Morgan fingerprint density at radius 2 is 1.81 bits per heavy atom. The van der Waals surface area contributed by atoms with Crippen LogP contribution in [0.1, 0.15) is 52.0 Å². The van der Waals surface area contributed by atoms with E-state index in [1.807, 2.05) is 6.92 Å². The van der Waals surface area contributed by atoms with Crippen LogP contribution in [0.3, 0.4) is 0 Å². The zero-order valence-electron chi connectivity index (χ0n) is 16.4. The van der Waals surface area contributed by atoms with Crippen molar-refractivity contribution in [3.05, 3.63) is 36.1 Å². The van der Waals surface area contributed by atoms with Gasteiger partial charge in [-0.2, -0.15) is 0 Å². The summed E-state index contributed by atoms with van der Waals surface area (Å²) in [6, 6.07) is 6.86. The van der Waals surface area contributed by atoms with E-state index >= 15 is 0 Å². The third-order valence-corrected chi connectivity index (χ3v) is 4.46. The highest BCUT2D eigenvalue weighted by molar-refractivity contribution is 6.17. The molecule has 1 rings (SSSR count). The van der Waals surface area contributed by atoms with Gasteiger partial charge >= 0.3 is 11.9 Å². The number of ether oxygens (including phenoxy) is 3. The van der Waals surface area contributed by atoms with Crippen molar-refractivity contribution in [1.29, 1.82) is 0 Å². The van der Waals surface area contributed by atoms with E-state index in [0.29, 0.717) is 17.2 Å². The molecule has 0 bridgehead atoms. The van der Waals surface area contributed by atoms with E-state index in [1.54, 1.807) is 24.3 Å². The molecular weight excluding hydrogens is 332 g/mol. The highest BCUT2D eigenvalue weighted by Gasteiger charge is 2.21. The Balaban J connectivity index is 2.85. The molecule has 0 aliphatic carbocycles. The van der Waals surface area contributed by atoms with Gasteiger partial charge in [-0.1, -0.05) is 58.2 Å². The molecule has 0 aromatic heterocycles. The number of rotatable bonds is 10. The van der Waals surface area contributed by atoms with Crippen molar-refractivity contribution in [3.63, 3.8) is 0 Å². The van der Waals surface area contributed by atoms with Crippen LogP contribution in [0.2, 0.25) is 0 Å². The van der Waals surface area contributed by atoms with Crippen LogP contribution in [0.15, 0.2) is 30.5 Å². The van der Waals surface area contributed by atoms with Crippen LogP contribution in [0.4, 0.5) is 0 Å². The van der Waals surface area contributed by atoms with Crippen LogP contribution in [-0.2, 0) is 19.1 Å². The number of methoxy groups -OCH3 is 2. The van der Waals surface area contributed by atoms with Crippen LogP contribution < -0.4 is 4.74 Å². The molecule has 0 radical (unpaired) electrons. The minimum absolute atomic E-state index is 0.197. The lowest BCUT2D eigenvalue weighted by atomic mass is 9.97. The predicted octanol–water partition coefficient (Wildman–Crippen LogP) is 4.60. The summed E-state index contributed by atoms with van der Waals surface area (Å²) in [6.07, 6.45) is 5.31. The fourth-order valence-corrected chi connectivity index (χ4v) is 2.53. The number of esters is 2. The summed E-state index contributed by atoms with van der Waals surface area (Å²) in [6.45, 7) is 6.26. The normalized spacial score (nSPS) is 13.7. The van der Waals surface area contributed by atoms with Gasteiger partial charge in [-0.05, 0) is 18.4 Å². The molecule has 0 fully saturated rings. The Morgan fingerprint density at radius 1 is 1.12 bits per heavy atom. The van der Waals surface area contributed by atoms with Crippen molar-refractivity contribution in [1.82, 2.24) is 0 Å². The molecule has 1 aromatic carbocycles. The molecule has 0 heterocycles. The van der Waals surface area contributed by atoms with E-state index < -0.39 is 5.97 Å². The molecule has 1 aromatic rings. The second-order valence-electron chi connectivity index (χ2n) is 6.52. The van der Waals surface area contributed by atoms with Crippen molar-refractivity contribution in [2.24, 2.45) is 11.8 Å². The molecule has 144 valence electrons. The maximum Gasteiger partial charge on any atom is 0.341 e. The van der Waals surface area contributed by atoms with Gasteiger partial charge < -0.3 is 14.2 Å². The van der Waals surface area contributed by atoms with Crippen LogP contribution in [-0.4, -0.2) is 26.2 Å². The minimum atomic E-state index is -0.558. The Bertz CT molecular complexity index is 621. The van der Waals surface area contributed by atoms with Gasteiger partial charge in [-0.15, -0.1) is 0 Å². The summed E-state index contributed by atoms with van der Waals surface area (Å²) in [4.78, 5) is 24.4. The monoisotopic (exact) mass is 362 g/mol. The van der Waals surface area contributed by atoms with E-state index in [0.717, 1.165) is 25.7 Å². The van der Waals surface area contributed by atoms with E-state index in [1.165, 1.54) is 20.5 Å². The zero-order valence-corrected chi connectivity index (χ0v) is 16.4. The lowest BCUT2D eigenvalue weighted by Crippen LogP contribution is -2.19. The average Bonchev–Trinajstić information content (AvgIpc) is 2.65. The van der Waals surface area contributed by atoms with Gasteiger partial charge in [0, 0.05) is 5.56 Å². The molecule has 0 aliphatic heterocycles. The van der Waals surface area contributed by atoms with Crippen molar-refractivity contribution in [2.75, 3.05) is 14.2 Å². The lowest BCUT2D eigenvalue weighted by molar-refractivity contribution is -0.139. The maximum absolute atomic E-state index is 12.4. The first-order chi connectivity index (χ1) is 12.4. The first-order valence-corrected chi connectivity index (χ1v) is 9.06. The third kappa shape index (κ3) is 6.54. The standard InChI is InChI=1S/C21H30O5/c1-6-15(2)10-9-11-16(3)20(22)26-19-13-8-7-12-17(19)18(14-24-4)21(23)25-5/h7-8,12-16H,6,9-11H2,1-5H3/b18-14-. The van der Waals surface area contributed by atoms with Gasteiger partial charge in [0.15, 0.2) is 0 Å². The summed E-state index contributed by atoms with van der Waals surface area (Å²) in [5.41, 5.74) is 0.657. The Labute approximate surface area is 156 Å². The predicted molar refractivity (Wildman–Crippen MR) is 102 cm³/mol. The fraction of sp³-hybridized carbons (Fsp3) is 0.524. The van der Waals surface area contributed by atoms with Crippen LogP contribution in [0.5, 0.6) is 5.75 Å². The third-order valence-electron chi connectivity index (χ3n) is 4.46. The first kappa shape index (κ1) is 21.7. The smallest absolute Gasteiger partial charge is 0.341 e. The summed E-state index contributed by atoms with van der Waals surface area (Å²) < 4.78 is 15.3. The van der Waals surface area contributed by atoms with Gasteiger partial charge in [-0.25, -0.2) is 4.79 Å². The molecule has 0 amide bonds. The topological polar surface area (TPSA) is 61.8 Å². The van der Waals surface area contributed by atoms with Crippen molar-refractivity contribution >= 4 is 17.5 Å². The van der Waals surface area contributed by atoms with E-state index in [-0.39, 0.29) is 17.5 Å². The molecule has 0 spiro atoms. The number of hydrogen-bond acceptors (Lipinski definition) is 5. The van der Waals surface area contributed by atoms with Crippen molar-refractivity contribution in [3.8, 4) is 5.75 Å². The largest absolute Gasteiger partial charge is 0.503 e. The molecule has 2 unspecified atom stereocenters. The van der Waals surface area contributed by atoms with Crippen molar-refractivity contribution < 1.29 is 23.8 Å². The average molecular weight is 362 g/mol. The molecule has 0 aliphatic rings. The molecule has 26 heavy (non-hydrogen) atoms. The van der Waals surface area contributed by atoms with Gasteiger partial charge in [0.1, 0.15) is 11.3 Å². The fourth-order valence-electron chi connectivity index (χ4n) is 2.53. The Kier molecular flexibility index (Phi) is 9.48. The quantitative estimate of drug-likeness (QED) is 0.263. The molecule has 5 heteroatoms. The highest BCUT2D eigenvalue weighted by Crippen LogP contribution is 2.28. The summed E-state index contributed by atoms with van der Waals surface area (Å²) in [5, 5.41) is 0. The molecule has 0 saturated heterocycles. The van der Waals surface area contributed by atoms with Gasteiger partial charge in [0.2, 0.25) is 0 Å². The Hall–Kier alpha value is -2.30. The number of carbonyl (C=O) groups is 2. The van der Waals surface area contributed by atoms with Gasteiger partial charge in [-0.3, -0.25) is 4.79 Å². The second-order valence-corrected chi connectivity index (χ2v) is 6.52. The minimum Gasteiger partial charge on any atom is -0.503 e. The molecule has 0 N–H and O–H groups in total. The second kappa shape index (κ2) is 11.3. The van der Waals surface area contributed by atoms with Crippen LogP contribution in [0.25, 0.3) is 5.57 Å². The lowest BCUT2D eigenvalue weighted by Gasteiger charge is -2.15. The summed E-state index contributed by atoms with van der Waals surface area (Å²) >= 11 is 0. The van der Waals surface area contributed by atoms with Crippen LogP contribution >= 0.6 is 0 Å². The summed E-state index contributed by atoms with van der Waals surface area (Å²) in [7, 11) is 2.73. The molecule has 5 nitrogen and oxygen atoms in total. The maximum atomic E-state index is 12.4. The van der Waals surface area contributed by atoms with Gasteiger partial charge in [0.25, 0.3) is 0 Å².